The summed E-state index contributed by atoms with van der Waals surface area (Å²) in [6.45, 7) is 2.52. The molecule has 21 heavy (non-hydrogen) atoms. The maximum atomic E-state index is 10.7. The van der Waals surface area contributed by atoms with Gasteiger partial charge in [0, 0.05) is 25.1 Å². The fourth-order valence-electron chi connectivity index (χ4n) is 1.79. The molecule has 8 heteroatoms. The predicted octanol–water partition coefficient (Wildman–Crippen LogP) is 4.20. The number of carboxylic acid groups (broad SMARTS) is 1. The van der Waals surface area contributed by atoms with Crippen LogP contribution in [0.4, 0.5) is 11.4 Å². The van der Waals surface area contributed by atoms with Gasteiger partial charge >= 0.3 is 5.97 Å². The third-order valence-electron chi connectivity index (χ3n) is 3.03. The van der Waals surface area contributed by atoms with Crippen molar-refractivity contribution in [3.05, 3.63) is 32.3 Å². The van der Waals surface area contributed by atoms with Gasteiger partial charge in [-0.2, -0.15) is 0 Å². The zero-order valence-electron chi connectivity index (χ0n) is 11.4. The standard InChI is InChI=1S/C13H16Cl2N2O4/c1-8(2-3-12(18)19)4-5-16-13-10(14)6-9(17(20)21)7-11(13)15/h6-8,16H,2-5H2,1H3,(H,18,19). The van der Waals surface area contributed by atoms with E-state index in [1.165, 1.54) is 12.1 Å². The second kappa shape index (κ2) is 8.05. The molecule has 1 aromatic carbocycles. The smallest absolute Gasteiger partial charge is 0.303 e. The molecule has 0 heterocycles. The first kappa shape index (κ1) is 17.5. The van der Waals surface area contributed by atoms with Crippen molar-refractivity contribution in [3.8, 4) is 0 Å². The van der Waals surface area contributed by atoms with Crippen LogP contribution >= 0.6 is 23.2 Å². The van der Waals surface area contributed by atoms with Crippen LogP contribution < -0.4 is 5.32 Å². The first-order valence-corrected chi connectivity index (χ1v) is 7.16. The van der Waals surface area contributed by atoms with Crippen LogP contribution in [0.15, 0.2) is 12.1 Å². The third-order valence-corrected chi connectivity index (χ3v) is 3.62. The highest BCUT2D eigenvalue weighted by molar-refractivity contribution is 6.39. The van der Waals surface area contributed by atoms with E-state index in [-0.39, 0.29) is 28.1 Å². The Labute approximate surface area is 132 Å². The Morgan fingerprint density at radius 1 is 1.38 bits per heavy atom. The molecule has 0 bridgehead atoms. The van der Waals surface area contributed by atoms with Gasteiger partial charge in [0.2, 0.25) is 0 Å². The normalized spacial score (nSPS) is 12.0. The van der Waals surface area contributed by atoms with Crippen molar-refractivity contribution in [2.75, 3.05) is 11.9 Å². The van der Waals surface area contributed by atoms with E-state index in [1.54, 1.807) is 0 Å². The van der Waals surface area contributed by atoms with Crippen LogP contribution in [0, 0.1) is 16.0 Å². The van der Waals surface area contributed by atoms with Crippen molar-refractivity contribution >= 4 is 40.5 Å². The van der Waals surface area contributed by atoms with E-state index in [0.717, 1.165) is 6.42 Å². The fourth-order valence-corrected chi connectivity index (χ4v) is 2.40. The summed E-state index contributed by atoms with van der Waals surface area (Å²) in [6.07, 6.45) is 1.48. The summed E-state index contributed by atoms with van der Waals surface area (Å²) in [4.78, 5) is 20.6. The van der Waals surface area contributed by atoms with Crippen LogP contribution in [0.2, 0.25) is 10.0 Å². The van der Waals surface area contributed by atoms with Gasteiger partial charge in [-0.05, 0) is 18.8 Å². The number of hydrogen-bond donors (Lipinski definition) is 2. The molecule has 0 amide bonds. The van der Waals surface area contributed by atoms with Gasteiger partial charge in [0.1, 0.15) is 0 Å². The van der Waals surface area contributed by atoms with Crippen LogP contribution in [-0.4, -0.2) is 22.5 Å². The van der Waals surface area contributed by atoms with Crippen LogP contribution in [0.5, 0.6) is 0 Å². The monoisotopic (exact) mass is 334 g/mol. The number of nitro groups is 1. The van der Waals surface area contributed by atoms with Crippen molar-refractivity contribution in [2.24, 2.45) is 5.92 Å². The Kier molecular flexibility index (Phi) is 6.71. The van der Waals surface area contributed by atoms with Gasteiger partial charge < -0.3 is 10.4 Å². The second-order valence-corrected chi connectivity index (χ2v) is 5.61. The molecule has 0 spiro atoms. The van der Waals surface area contributed by atoms with E-state index in [2.05, 4.69) is 5.32 Å². The molecule has 0 aromatic heterocycles. The van der Waals surface area contributed by atoms with E-state index in [1.807, 2.05) is 6.92 Å². The predicted molar refractivity (Wildman–Crippen MR) is 82.3 cm³/mol. The Hall–Kier alpha value is -1.53. The van der Waals surface area contributed by atoms with Gasteiger partial charge in [0.05, 0.1) is 20.7 Å². The van der Waals surface area contributed by atoms with Crippen LogP contribution in [-0.2, 0) is 4.79 Å². The lowest BCUT2D eigenvalue weighted by atomic mass is 10.0. The van der Waals surface area contributed by atoms with Gasteiger partial charge in [-0.25, -0.2) is 0 Å². The quantitative estimate of drug-likeness (QED) is 0.548. The number of rotatable bonds is 8. The van der Waals surface area contributed by atoms with Crippen LogP contribution in [0.1, 0.15) is 26.2 Å². The lowest BCUT2D eigenvalue weighted by Gasteiger charge is -2.13. The number of halogens is 2. The maximum absolute atomic E-state index is 10.7. The van der Waals surface area contributed by atoms with E-state index < -0.39 is 10.9 Å². The molecule has 6 nitrogen and oxygen atoms in total. The Morgan fingerprint density at radius 3 is 2.43 bits per heavy atom. The number of hydrogen-bond acceptors (Lipinski definition) is 4. The largest absolute Gasteiger partial charge is 0.481 e. The average Bonchev–Trinajstić information content (AvgIpc) is 2.39. The van der Waals surface area contributed by atoms with Crippen molar-refractivity contribution in [1.29, 1.82) is 0 Å². The minimum Gasteiger partial charge on any atom is -0.481 e. The minimum absolute atomic E-state index is 0.139. The van der Waals surface area contributed by atoms with E-state index in [4.69, 9.17) is 28.3 Å². The highest BCUT2D eigenvalue weighted by Gasteiger charge is 2.14. The molecule has 1 rings (SSSR count). The third kappa shape index (κ3) is 5.77. The molecule has 0 saturated carbocycles. The second-order valence-electron chi connectivity index (χ2n) is 4.79. The summed E-state index contributed by atoms with van der Waals surface area (Å²) in [5.41, 5.74) is 0.291. The van der Waals surface area contributed by atoms with Crippen LogP contribution in [0.3, 0.4) is 0 Å². The molecule has 116 valence electrons. The van der Waals surface area contributed by atoms with Gasteiger partial charge in [0.15, 0.2) is 0 Å². The summed E-state index contributed by atoms with van der Waals surface area (Å²) < 4.78 is 0. The number of carboxylic acids is 1. The lowest BCUT2D eigenvalue weighted by Crippen LogP contribution is -2.09. The molecular weight excluding hydrogens is 319 g/mol. The summed E-state index contributed by atoms with van der Waals surface area (Å²) >= 11 is 11.9. The number of aliphatic carboxylic acids is 1. The molecule has 0 aliphatic rings. The molecule has 0 radical (unpaired) electrons. The number of carbonyl (C=O) groups is 1. The molecule has 0 saturated heterocycles. The van der Waals surface area contributed by atoms with Crippen molar-refractivity contribution in [2.45, 2.75) is 26.2 Å². The summed E-state index contributed by atoms with van der Waals surface area (Å²) in [5.74, 6) is -0.569. The van der Waals surface area contributed by atoms with Crippen molar-refractivity contribution in [1.82, 2.24) is 0 Å². The van der Waals surface area contributed by atoms with Gasteiger partial charge in [-0.3, -0.25) is 14.9 Å². The Morgan fingerprint density at radius 2 is 1.95 bits per heavy atom. The number of non-ortho nitro benzene ring substituents is 1. The zero-order chi connectivity index (χ0) is 16.0. The summed E-state index contributed by atoms with van der Waals surface area (Å²) in [6, 6.07) is 2.48. The first-order chi connectivity index (χ1) is 9.81. The molecule has 1 atom stereocenters. The molecule has 1 unspecified atom stereocenters. The van der Waals surface area contributed by atoms with Gasteiger partial charge in [-0.1, -0.05) is 30.1 Å². The SMILES string of the molecule is CC(CCNc1c(Cl)cc([N+](=O)[O-])cc1Cl)CCC(=O)O. The minimum atomic E-state index is -0.809. The molecule has 0 aliphatic carbocycles. The number of nitrogens with zero attached hydrogens (tertiary/aromatic N) is 1. The number of anilines is 1. The summed E-state index contributed by atoms with van der Waals surface area (Å²) in [7, 11) is 0. The maximum Gasteiger partial charge on any atom is 0.303 e. The van der Waals surface area contributed by atoms with Crippen molar-refractivity contribution in [3.63, 3.8) is 0 Å². The molecule has 2 N–H and O–H groups in total. The number of benzene rings is 1. The topological polar surface area (TPSA) is 92.5 Å². The highest BCUT2D eigenvalue weighted by Crippen LogP contribution is 2.34. The molecule has 1 aromatic rings. The Balaban J connectivity index is 2.56. The zero-order valence-corrected chi connectivity index (χ0v) is 12.9. The number of nitro benzene ring substituents is 1. The van der Waals surface area contributed by atoms with Gasteiger partial charge in [-0.15, -0.1) is 0 Å². The molecule has 0 fully saturated rings. The van der Waals surface area contributed by atoms with E-state index >= 15 is 0 Å². The lowest BCUT2D eigenvalue weighted by molar-refractivity contribution is -0.384. The van der Waals surface area contributed by atoms with Gasteiger partial charge in [0.25, 0.3) is 5.69 Å². The molecular formula is C13H16Cl2N2O4. The fraction of sp³-hybridized carbons (Fsp3) is 0.462. The molecule has 0 aliphatic heterocycles. The summed E-state index contributed by atoms with van der Waals surface area (Å²) in [5, 5.41) is 22.7. The van der Waals surface area contributed by atoms with E-state index in [9.17, 15) is 14.9 Å². The average molecular weight is 335 g/mol. The van der Waals surface area contributed by atoms with E-state index in [0.29, 0.717) is 18.7 Å². The van der Waals surface area contributed by atoms with Crippen molar-refractivity contribution < 1.29 is 14.8 Å². The number of nitrogens with one attached hydrogen (secondary N) is 1. The highest BCUT2D eigenvalue weighted by atomic mass is 35.5. The van der Waals surface area contributed by atoms with Crippen LogP contribution in [0.25, 0.3) is 0 Å². The first-order valence-electron chi connectivity index (χ1n) is 6.40. The Bertz CT molecular complexity index is 514.